The molecule has 0 saturated heterocycles. The second-order valence-electron chi connectivity index (χ2n) is 10.2. The number of benzene rings is 3. The molecule has 36 heavy (non-hydrogen) atoms. The minimum Gasteiger partial charge on any atom is -0.497 e. The second kappa shape index (κ2) is 11.2. The second-order valence-corrected chi connectivity index (χ2v) is 10.2. The van der Waals surface area contributed by atoms with Crippen LogP contribution in [-0.2, 0) is 16.0 Å². The molecule has 0 aliphatic heterocycles. The summed E-state index contributed by atoms with van der Waals surface area (Å²) in [6, 6.07) is 18.6. The largest absolute Gasteiger partial charge is 0.497 e. The van der Waals surface area contributed by atoms with E-state index in [2.05, 4.69) is 30.3 Å². The van der Waals surface area contributed by atoms with Gasteiger partial charge in [0.25, 0.3) is 0 Å². The topological polar surface area (TPSA) is 57.2 Å². The standard InChI is InChI=1S/C30H37NO5/c1-30(2,3)36-29(32)31(23-13-14-23)20-22-19-27(35-18-8-17-33-4)25-9-6-7-10-26(25)28(22)21-11-15-24(34-5)16-12-21/h6-7,9-12,15-16,19,23H,8,13-14,17-18,20H2,1-5H3. The number of nitrogens with zero attached hydrogens (tertiary/aromatic N) is 1. The molecular formula is C30H37NO5. The van der Waals surface area contributed by atoms with Gasteiger partial charge in [-0.1, -0.05) is 36.4 Å². The number of hydrogen-bond donors (Lipinski definition) is 0. The van der Waals surface area contributed by atoms with Crippen LogP contribution in [0.5, 0.6) is 11.5 Å². The number of methoxy groups -OCH3 is 2. The van der Waals surface area contributed by atoms with Gasteiger partial charge in [0.1, 0.15) is 17.1 Å². The van der Waals surface area contributed by atoms with Gasteiger partial charge in [0, 0.05) is 31.6 Å². The molecule has 1 aliphatic carbocycles. The molecule has 0 spiro atoms. The van der Waals surface area contributed by atoms with Crippen molar-refractivity contribution in [2.45, 2.75) is 58.2 Å². The van der Waals surface area contributed by atoms with Gasteiger partial charge in [0.2, 0.25) is 0 Å². The van der Waals surface area contributed by atoms with E-state index in [1.165, 1.54) is 0 Å². The molecule has 1 amide bonds. The van der Waals surface area contributed by atoms with Gasteiger partial charge in [-0.05, 0) is 73.9 Å². The molecule has 0 heterocycles. The molecule has 192 valence electrons. The summed E-state index contributed by atoms with van der Waals surface area (Å²) in [6.45, 7) is 7.35. The first kappa shape index (κ1) is 25.8. The van der Waals surface area contributed by atoms with Crippen molar-refractivity contribution in [1.29, 1.82) is 0 Å². The van der Waals surface area contributed by atoms with Crippen LogP contribution in [0.3, 0.4) is 0 Å². The number of amides is 1. The summed E-state index contributed by atoms with van der Waals surface area (Å²) >= 11 is 0. The molecule has 0 radical (unpaired) electrons. The van der Waals surface area contributed by atoms with E-state index < -0.39 is 5.60 Å². The average molecular weight is 492 g/mol. The molecule has 0 N–H and O–H groups in total. The minimum atomic E-state index is -0.554. The molecule has 0 unspecified atom stereocenters. The van der Waals surface area contributed by atoms with Gasteiger partial charge < -0.3 is 23.8 Å². The molecule has 1 aliphatic rings. The summed E-state index contributed by atoms with van der Waals surface area (Å²) in [6.07, 6.45) is 2.50. The van der Waals surface area contributed by atoms with Crippen molar-refractivity contribution in [1.82, 2.24) is 4.90 Å². The first-order valence-electron chi connectivity index (χ1n) is 12.6. The third-order valence-electron chi connectivity index (χ3n) is 6.17. The van der Waals surface area contributed by atoms with E-state index >= 15 is 0 Å². The number of ether oxygens (including phenoxy) is 4. The van der Waals surface area contributed by atoms with E-state index in [9.17, 15) is 4.79 Å². The Morgan fingerprint density at radius 3 is 2.28 bits per heavy atom. The first-order chi connectivity index (χ1) is 17.3. The molecule has 4 rings (SSSR count). The number of carbonyl (C=O) groups is 1. The first-order valence-corrected chi connectivity index (χ1v) is 12.6. The molecule has 0 aromatic heterocycles. The van der Waals surface area contributed by atoms with Crippen LogP contribution >= 0.6 is 0 Å². The smallest absolute Gasteiger partial charge is 0.410 e. The van der Waals surface area contributed by atoms with Crippen molar-refractivity contribution in [3.63, 3.8) is 0 Å². The van der Waals surface area contributed by atoms with Crippen LogP contribution in [0.1, 0.15) is 45.6 Å². The Bertz CT molecular complexity index is 1180. The fourth-order valence-corrected chi connectivity index (χ4v) is 4.36. The number of fused-ring (bicyclic) bond motifs is 1. The van der Waals surface area contributed by atoms with Gasteiger partial charge in [-0.15, -0.1) is 0 Å². The molecular weight excluding hydrogens is 454 g/mol. The number of hydrogen-bond acceptors (Lipinski definition) is 5. The summed E-state index contributed by atoms with van der Waals surface area (Å²) in [7, 11) is 3.36. The molecule has 0 bridgehead atoms. The fraction of sp³-hybridized carbons (Fsp3) is 0.433. The summed E-state index contributed by atoms with van der Waals surface area (Å²) in [5, 5.41) is 2.13. The maximum absolute atomic E-state index is 13.2. The van der Waals surface area contributed by atoms with Crippen LogP contribution in [0.25, 0.3) is 21.9 Å². The maximum atomic E-state index is 13.2. The van der Waals surface area contributed by atoms with Crippen LogP contribution in [0.15, 0.2) is 54.6 Å². The van der Waals surface area contributed by atoms with Crippen LogP contribution in [0.2, 0.25) is 0 Å². The summed E-state index contributed by atoms with van der Waals surface area (Å²) in [5.41, 5.74) is 2.63. The van der Waals surface area contributed by atoms with Crippen LogP contribution < -0.4 is 9.47 Å². The number of carbonyl (C=O) groups excluding carboxylic acids is 1. The van der Waals surface area contributed by atoms with E-state index in [-0.39, 0.29) is 12.1 Å². The lowest BCUT2D eigenvalue weighted by atomic mass is 9.92. The van der Waals surface area contributed by atoms with Gasteiger partial charge in [0.15, 0.2) is 0 Å². The monoisotopic (exact) mass is 491 g/mol. The summed E-state index contributed by atoms with van der Waals surface area (Å²) < 4.78 is 22.6. The average Bonchev–Trinajstić information content (AvgIpc) is 3.69. The van der Waals surface area contributed by atoms with Crippen molar-refractivity contribution in [2.24, 2.45) is 0 Å². The molecule has 0 atom stereocenters. The molecule has 1 saturated carbocycles. The SMILES string of the molecule is COCCCOc1cc(CN(C(=O)OC(C)(C)C)C2CC2)c(-c2ccc(OC)cc2)c2ccccc12. The molecule has 6 nitrogen and oxygen atoms in total. The van der Waals surface area contributed by atoms with Gasteiger partial charge in [-0.3, -0.25) is 0 Å². The number of rotatable bonds is 10. The fourth-order valence-electron chi connectivity index (χ4n) is 4.36. The molecule has 3 aromatic rings. The highest BCUT2D eigenvalue weighted by Gasteiger charge is 2.36. The molecule has 3 aromatic carbocycles. The third-order valence-corrected chi connectivity index (χ3v) is 6.17. The maximum Gasteiger partial charge on any atom is 0.410 e. The van der Waals surface area contributed by atoms with E-state index in [1.54, 1.807) is 14.2 Å². The van der Waals surface area contributed by atoms with Crippen LogP contribution in [0, 0.1) is 0 Å². The van der Waals surface area contributed by atoms with Crippen molar-refractivity contribution in [3.05, 3.63) is 60.2 Å². The summed E-state index contributed by atoms with van der Waals surface area (Å²) in [4.78, 5) is 15.1. The predicted molar refractivity (Wildman–Crippen MR) is 143 cm³/mol. The zero-order chi connectivity index (χ0) is 25.7. The van der Waals surface area contributed by atoms with Crippen molar-refractivity contribution in [2.75, 3.05) is 27.4 Å². The predicted octanol–water partition coefficient (Wildman–Crippen LogP) is 6.83. The Balaban J connectivity index is 1.80. The van der Waals surface area contributed by atoms with Crippen molar-refractivity contribution < 1.29 is 23.7 Å². The van der Waals surface area contributed by atoms with Gasteiger partial charge in [-0.2, -0.15) is 0 Å². The van der Waals surface area contributed by atoms with Gasteiger partial charge in [-0.25, -0.2) is 4.79 Å². The molecule has 6 heteroatoms. The Labute approximate surface area is 214 Å². The van der Waals surface area contributed by atoms with Crippen LogP contribution in [0.4, 0.5) is 4.79 Å². The minimum absolute atomic E-state index is 0.195. The lowest BCUT2D eigenvalue weighted by Crippen LogP contribution is -2.38. The Morgan fingerprint density at radius 2 is 1.67 bits per heavy atom. The highest BCUT2D eigenvalue weighted by molar-refractivity contribution is 6.02. The quantitative estimate of drug-likeness (QED) is 0.291. The molecule has 1 fully saturated rings. The van der Waals surface area contributed by atoms with Crippen molar-refractivity contribution >= 4 is 16.9 Å². The normalized spacial score (nSPS) is 13.5. The lowest BCUT2D eigenvalue weighted by Gasteiger charge is -2.29. The van der Waals surface area contributed by atoms with E-state index in [0.29, 0.717) is 19.8 Å². The zero-order valence-electron chi connectivity index (χ0n) is 22.0. The zero-order valence-corrected chi connectivity index (χ0v) is 22.0. The highest BCUT2D eigenvalue weighted by Crippen LogP contribution is 2.40. The highest BCUT2D eigenvalue weighted by atomic mass is 16.6. The van der Waals surface area contributed by atoms with Crippen LogP contribution in [-0.4, -0.2) is 50.1 Å². The van der Waals surface area contributed by atoms with Gasteiger partial charge in [0.05, 0.1) is 20.3 Å². The Hall–Kier alpha value is -3.25. The van der Waals surface area contributed by atoms with E-state index in [0.717, 1.165) is 58.2 Å². The Morgan fingerprint density at radius 1 is 0.972 bits per heavy atom. The van der Waals surface area contributed by atoms with E-state index in [1.807, 2.05) is 49.9 Å². The van der Waals surface area contributed by atoms with Crippen molar-refractivity contribution in [3.8, 4) is 22.6 Å². The summed E-state index contributed by atoms with van der Waals surface area (Å²) in [5.74, 6) is 1.62. The van der Waals surface area contributed by atoms with Gasteiger partial charge >= 0.3 is 6.09 Å². The van der Waals surface area contributed by atoms with E-state index in [4.69, 9.17) is 18.9 Å². The third kappa shape index (κ3) is 6.30. The Kier molecular flexibility index (Phi) is 8.04. The lowest BCUT2D eigenvalue weighted by molar-refractivity contribution is 0.0217.